The van der Waals surface area contributed by atoms with Crippen molar-refractivity contribution in [1.82, 2.24) is 10.2 Å². The molecule has 0 unspecified atom stereocenters. The minimum Gasteiger partial charge on any atom is -0.350 e. The van der Waals surface area contributed by atoms with Crippen LogP contribution in [0.2, 0.25) is 0 Å². The van der Waals surface area contributed by atoms with Crippen LogP contribution in [0.15, 0.2) is 57.9 Å². The van der Waals surface area contributed by atoms with E-state index >= 15 is 0 Å². The summed E-state index contributed by atoms with van der Waals surface area (Å²) in [4.78, 5) is 38.4. The van der Waals surface area contributed by atoms with Crippen LogP contribution >= 0.6 is 27.7 Å². The molecule has 1 aliphatic rings. The van der Waals surface area contributed by atoms with E-state index in [4.69, 9.17) is 0 Å². The van der Waals surface area contributed by atoms with E-state index in [0.29, 0.717) is 10.5 Å². The Morgan fingerprint density at radius 2 is 1.93 bits per heavy atom. The van der Waals surface area contributed by atoms with Gasteiger partial charge in [-0.3, -0.25) is 19.3 Å². The lowest BCUT2D eigenvalue weighted by atomic mass is 10.1. The summed E-state index contributed by atoms with van der Waals surface area (Å²) in [5, 5.41) is 2.44. The van der Waals surface area contributed by atoms with Gasteiger partial charge in [0.2, 0.25) is 0 Å². The lowest BCUT2D eigenvalue weighted by molar-refractivity contribution is -0.122. The fourth-order valence-corrected chi connectivity index (χ4v) is 3.99. The Kier molecular flexibility index (Phi) is 6.13. The number of hydrogen-bond donors (Lipinski definition) is 1. The molecule has 0 saturated carbocycles. The van der Waals surface area contributed by atoms with Crippen LogP contribution in [-0.2, 0) is 4.79 Å². The first-order chi connectivity index (χ1) is 13.0. The predicted octanol–water partition coefficient (Wildman–Crippen LogP) is 4.22. The van der Waals surface area contributed by atoms with E-state index in [1.54, 1.807) is 18.2 Å². The van der Waals surface area contributed by atoms with Crippen LogP contribution in [0.4, 0.5) is 4.79 Å². The van der Waals surface area contributed by atoms with E-state index in [1.807, 2.05) is 43.3 Å². The summed E-state index contributed by atoms with van der Waals surface area (Å²) >= 11 is 4.28. The molecule has 1 fully saturated rings. The number of rotatable bonds is 5. The molecule has 0 radical (unpaired) electrons. The van der Waals surface area contributed by atoms with E-state index in [0.717, 1.165) is 32.3 Å². The van der Waals surface area contributed by atoms with Gasteiger partial charge >= 0.3 is 0 Å². The average molecular weight is 445 g/mol. The van der Waals surface area contributed by atoms with Gasteiger partial charge in [0.1, 0.15) is 0 Å². The average Bonchev–Trinajstić information content (AvgIpc) is 2.89. The lowest BCUT2D eigenvalue weighted by Crippen LogP contribution is -2.37. The third kappa shape index (κ3) is 4.67. The SMILES string of the molecule is Cc1cc(Br)ccc1C(=O)NCCN1C(=O)S/C(=C\c2ccccc2)C1=O. The van der Waals surface area contributed by atoms with Crippen molar-refractivity contribution in [2.45, 2.75) is 6.92 Å². The molecule has 0 aliphatic carbocycles. The maximum atomic E-state index is 12.5. The van der Waals surface area contributed by atoms with Crippen molar-refractivity contribution in [3.05, 3.63) is 74.6 Å². The van der Waals surface area contributed by atoms with Crippen molar-refractivity contribution in [3.63, 3.8) is 0 Å². The van der Waals surface area contributed by atoms with Gasteiger partial charge in [0, 0.05) is 23.1 Å². The molecular formula is C20H17BrN2O3S. The van der Waals surface area contributed by atoms with Crippen LogP contribution in [0, 0.1) is 6.92 Å². The molecular weight excluding hydrogens is 428 g/mol. The largest absolute Gasteiger partial charge is 0.350 e. The standard InChI is InChI=1S/C20H17BrN2O3S/c1-13-11-15(21)7-8-16(13)18(24)22-9-10-23-19(25)17(27-20(23)26)12-14-5-3-2-4-6-14/h2-8,11-12H,9-10H2,1H3,(H,22,24)/b17-12-. The van der Waals surface area contributed by atoms with E-state index in [9.17, 15) is 14.4 Å². The highest BCUT2D eigenvalue weighted by molar-refractivity contribution is 9.10. The van der Waals surface area contributed by atoms with Crippen LogP contribution in [0.1, 0.15) is 21.5 Å². The normalized spacial score (nSPS) is 15.5. The third-order valence-electron chi connectivity index (χ3n) is 4.02. The van der Waals surface area contributed by atoms with Gasteiger partial charge in [-0.25, -0.2) is 0 Å². The van der Waals surface area contributed by atoms with Crippen LogP contribution in [0.3, 0.4) is 0 Å². The van der Waals surface area contributed by atoms with Gasteiger partial charge in [0.25, 0.3) is 17.1 Å². The molecule has 0 atom stereocenters. The molecule has 1 N–H and O–H groups in total. The predicted molar refractivity (Wildman–Crippen MR) is 110 cm³/mol. The summed E-state index contributed by atoms with van der Waals surface area (Å²) in [5.41, 5.74) is 2.28. The molecule has 0 aromatic heterocycles. The quantitative estimate of drug-likeness (QED) is 0.700. The van der Waals surface area contributed by atoms with Crippen LogP contribution < -0.4 is 5.32 Å². The van der Waals surface area contributed by atoms with Gasteiger partial charge in [-0.2, -0.15) is 0 Å². The molecule has 1 aliphatic heterocycles. The maximum absolute atomic E-state index is 12.5. The van der Waals surface area contributed by atoms with E-state index in [1.165, 1.54) is 0 Å². The van der Waals surface area contributed by atoms with Gasteiger partial charge < -0.3 is 5.32 Å². The molecule has 1 heterocycles. The van der Waals surface area contributed by atoms with Crippen LogP contribution in [-0.4, -0.2) is 35.0 Å². The summed E-state index contributed by atoms with van der Waals surface area (Å²) in [5.74, 6) is -0.560. The Balaban J connectivity index is 1.59. The maximum Gasteiger partial charge on any atom is 0.293 e. The number of aryl methyl sites for hydroxylation is 1. The summed E-state index contributed by atoms with van der Waals surface area (Å²) < 4.78 is 0.902. The zero-order valence-electron chi connectivity index (χ0n) is 14.6. The Hall–Kier alpha value is -2.38. The lowest BCUT2D eigenvalue weighted by Gasteiger charge is -2.13. The highest BCUT2D eigenvalue weighted by atomic mass is 79.9. The number of carbonyl (C=O) groups is 3. The molecule has 1 saturated heterocycles. The molecule has 3 amide bonds. The molecule has 0 spiro atoms. The van der Waals surface area contributed by atoms with Gasteiger partial charge in [-0.05, 0) is 54.1 Å². The van der Waals surface area contributed by atoms with Gasteiger partial charge in [-0.1, -0.05) is 46.3 Å². The van der Waals surface area contributed by atoms with E-state index < -0.39 is 0 Å². The van der Waals surface area contributed by atoms with Crippen molar-refractivity contribution < 1.29 is 14.4 Å². The Morgan fingerprint density at radius 1 is 1.19 bits per heavy atom. The smallest absolute Gasteiger partial charge is 0.293 e. The van der Waals surface area contributed by atoms with Crippen molar-refractivity contribution >= 4 is 50.8 Å². The highest BCUT2D eigenvalue weighted by Gasteiger charge is 2.34. The first kappa shape index (κ1) is 19.4. The summed E-state index contributed by atoms with van der Waals surface area (Å²) in [6, 6.07) is 14.8. The summed E-state index contributed by atoms with van der Waals surface area (Å²) in [6.45, 7) is 2.19. The second-order valence-electron chi connectivity index (χ2n) is 5.96. The van der Waals surface area contributed by atoms with Crippen molar-refractivity contribution in [1.29, 1.82) is 0 Å². The zero-order chi connectivity index (χ0) is 19.4. The number of halogens is 1. The number of nitrogens with zero attached hydrogens (tertiary/aromatic N) is 1. The van der Waals surface area contributed by atoms with Crippen LogP contribution in [0.25, 0.3) is 6.08 Å². The molecule has 2 aromatic rings. The van der Waals surface area contributed by atoms with Crippen molar-refractivity contribution in [2.24, 2.45) is 0 Å². The number of carbonyl (C=O) groups excluding carboxylic acids is 3. The second kappa shape index (κ2) is 8.54. The Labute approximate surface area is 169 Å². The van der Waals surface area contributed by atoms with Gasteiger partial charge in [0.05, 0.1) is 4.91 Å². The molecule has 0 bridgehead atoms. The summed E-state index contributed by atoms with van der Waals surface area (Å²) in [6.07, 6.45) is 1.70. The molecule has 2 aromatic carbocycles. The van der Waals surface area contributed by atoms with E-state index in [-0.39, 0.29) is 30.1 Å². The topological polar surface area (TPSA) is 66.5 Å². The first-order valence-electron chi connectivity index (χ1n) is 8.30. The number of thioether (sulfide) groups is 1. The minimum atomic E-state index is -0.331. The van der Waals surface area contributed by atoms with Gasteiger partial charge in [0.15, 0.2) is 0 Å². The monoisotopic (exact) mass is 444 g/mol. The minimum absolute atomic E-state index is 0.137. The fourth-order valence-electron chi connectivity index (χ4n) is 2.65. The summed E-state index contributed by atoms with van der Waals surface area (Å²) in [7, 11) is 0. The highest BCUT2D eigenvalue weighted by Crippen LogP contribution is 2.31. The number of hydrogen-bond acceptors (Lipinski definition) is 4. The fraction of sp³-hybridized carbons (Fsp3) is 0.150. The Bertz CT molecular complexity index is 928. The van der Waals surface area contributed by atoms with Gasteiger partial charge in [-0.15, -0.1) is 0 Å². The number of amides is 3. The zero-order valence-corrected chi connectivity index (χ0v) is 17.0. The van der Waals surface area contributed by atoms with Crippen molar-refractivity contribution in [2.75, 3.05) is 13.1 Å². The number of nitrogens with one attached hydrogen (secondary N) is 1. The van der Waals surface area contributed by atoms with Crippen LogP contribution in [0.5, 0.6) is 0 Å². The number of imide groups is 1. The van der Waals surface area contributed by atoms with E-state index in [2.05, 4.69) is 21.2 Å². The number of benzene rings is 2. The molecule has 138 valence electrons. The molecule has 27 heavy (non-hydrogen) atoms. The van der Waals surface area contributed by atoms with Crippen molar-refractivity contribution in [3.8, 4) is 0 Å². The molecule has 5 nitrogen and oxygen atoms in total. The first-order valence-corrected chi connectivity index (χ1v) is 9.91. The Morgan fingerprint density at radius 3 is 2.63 bits per heavy atom. The molecule has 7 heteroatoms. The second-order valence-corrected chi connectivity index (χ2v) is 7.87. The third-order valence-corrected chi connectivity index (χ3v) is 5.43. The molecule has 3 rings (SSSR count).